The molecule has 0 aliphatic heterocycles. The van der Waals surface area contributed by atoms with Gasteiger partial charge in [0.05, 0.1) is 18.3 Å². The van der Waals surface area contributed by atoms with Gasteiger partial charge in [0.25, 0.3) is 0 Å². The van der Waals surface area contributed by atoms with E-state index in [9.17, 15) is 9.59 Å². The average Bonchev–Trinajstić information content (AvgIpc) is 2.93. The first kappa shape index (κ1) is 18.4. The molecule has 0 aromatic carbocycles. The van der Waals surface area contributed by atoms with E-state index < -0.39 is 6.04 Å². The fraction of sp³-hybridized carbons (Fsp3) is 0.706. The maximum Gasteiger partial charge on any atom is 0.244 e. The molecule has 0 unspecified atom stereocenters. The standard InChI is InChI=1S/C17H29N5O2/c1-11(2)16(18)17(24)19-10-15(23)20-14-9-13(21-22(14)3)12-7-5-4-6-8-12/h9,11-12,16H,4-8,10,18H2,1-3H3,(H,19,24)(H,20,23)/t16-/m0/s1. The van der Waals surface area contributed by atoms with Crippen molar-refractivity contribution in [2.24, 2.45) is 18.7 Å². The molecule has 2 amide bonds. The number of rotatable bonds is 6. The van der Waals surface area contributed by atoms with Crippen LogP contribution in [0.2, 0.25) is 0 Å². The molecule has 2 rings (SSSR count). The lowest BCUT2D eigenvalue weighted by atomic mass is 9.87. The number of aryl methyl sites for hydroxylation is 1. The van der Waals surface area contributed by atoms with E-state index >= 15 is 0 Å². The summed E-state index contributed by atoms with van der Waals surface area (Å²) in [5.74, 6) is 0.580. The summed E-state index contributed by atoms with van der Waals surface area (Å²) in [5.41, 5.74) is 6.79. The maximum absolute atomic E-state index is 12.0. The van der Waals surface area contributed by atoms with Gasteiger partial charge >= 0.3 is 0 Å². The first-order valence-electron chi connectivity index (χ1n) is 8.75. The quantitative estimate of drug-likeness (QED) is 0.733. The second-order valence-electron chi connectivity index (χ2n) is 6.95. The number of carbonyl (C=O) groups is 2. The third-order valence-electron chi connectivity index (χ3n) is 4.63. The lowest BCUT2D eigenvalue weighted by molar-refractivity contribution is -0.125. The van der Waals surface area contributed by atoms with Crippen LogP contribution in [0, 0.1) is 5.92 Å². The lowest BCUT2D eigenvalue weighted by Gasteiger charge is -2.19. The van der Waals surface area contributed by atoms with E-state index in [0.29, 0.717) is 11.7 Å². The Bertz CT molecular complexity index is 576. The molecule has 1 aliphatic carbocycles. The molecule has 4 N–H and O–H groups in total. The third-order valence-corrected chi connectivity index (χ3v) is 4.63. The zero-order chi connectivity index (χ0) is 17.7. The maximum atomic E-state index is 12.0. The zero-order valence-corrected chi connectivity index (χ0v) is 14.8. The van der Waals surface area contributed by atoms with E-state index in [-0.39, 0.29) is 24.3 Å². The summed E-state index contributed by atoms with van der Waals surface area (Å²) in [6.07, 6.45) is 6.10. The molecule has 1 aliphatic rings. The molecule has 7 nitrogen and oxygen atoms in total. The largest absolute Gasteiger partial charge is 0.346 e. The van der Waals surface area contributed by atoms with Gasteiger partial charge in [0.15, 0.2) is 0 Å². The van der Waals surface area contributed by atoms with Gasteiger partial charge < -0.3 is 16.4 Å². The summed E-state index contributed by atoms with van der Waals surface area (Å²) in [7, 11) is 1.81. The molecule has 0 spiro atoms. The molecule has 1 aromatic rings. The van der Waals surface area contributed by atoms with Gasteiger partial charge in [0.1, 0.15) is 5.82 Å². The molecule has 134 valence electrons. The SMILES string of the molecule is CC(C)[C@H](N)C(=O)NCC(=O)Nc1cc(C2CCCCC2)nn1C. The summed E-state index contributed by atoms with van der Waals surface area (Å²) < 4.78 is 1.68. The van der Waals surface area contributed by atoms with Crippen molar-refractivity contribution < 1.29 is 9.59 Å². The predicted octanol–water partition coefficient (Wildman–Crippen LogP) is 1.51. The van der Waals surface area contributed by atoms with Crippen LogP contribution in [-0.2, 0) is 16.6 Å². The summed E-state index contributed by atoms with van der Waals surface area (Å²) in [4.78, 5) is 23.8. The third kappa shape index (κ3) is 4.80. The van der Waals surface area contributed by atoms with Crippen LogP contribution < -0.4 is 16.4 Å². The second kappa shape index (κ2) is 8.28. The van der Waals surface area contributed by atoms with Crippen molar-refractivity contribution >= 4 is 17.6 Å². The van der Waals surface area contributed by atoms with E-state index in [4.69, 9.17) is 5.73 Å². The fourth-order valence-corrected chi connectivity index (χ4v) is 2.98. The summed E-state index contributed by atoms with van der Waals surface area (Å²) in [5, 5.41) is 9.90. The highest BCUT2D eigenvalue weighted by Gasteiger charge is 2.21. The molecular weight excluding hydrogens is 306 g/mol. The van der Waals surface area contributed by atoms with Crippen LogP contribution in [0.5, 0.6) is 0 Å². The van der Waals surface area contributed by atoms with Crippen molar-refractivity contribution in [2.45, 2.75) is 57.9 Å². The zero-order valence-electron chi connectivity index (χ0n) is 14.8. The minimum absolute atomic E-state index is 0.0307. The van der Waals surface area contributed by atoms with Crippen molar-refractivity contribution in [2.75, 3.05) is 11.9 Å². The van der Waals surface area contributed by atoms with Gasteiger partial charge in [-0.1, -0.05) is 33.1 Å². The Balaban J connectivity index is 1.87. The molecular formula is C17H29N5O2. The molecule has 7 heteroatoms. The van der Waals surface area contributed by atoms with Gasteiger partial charge in [-0.05, 0) is 18.8 Å². The highest BCUT2D eigenvalue weighted by molar-refractivity contribution is 5.94. The topological polar surface area (TPSA) is 102 Å². The van der Waals surface area contributed by atoms with E-state index in [2.05, 4.69) is 15.7 Å². The Morgan fingerprint density at radius 1 is 1.33 bits per heavy atom. The normalized spacial score (nSPS) is 16.9. The molecule has 0 bridgehead atoms. The first-order chi connectivity index (χ1) is 11.4. The summed E-state index contributed by atoms with van der Waals surface area (Å²) >= 11 is 0. The highest BCUT2D eigenvalue weighted by Crippen LogP contribution is 2.32. The minimum atomic E-state index is -0.604. The molecule has 1 fully saturated rings. The van der Waals surface area contributed by atoms with Gasteiger partial charge in [0, 0.05) is 19.0 Å². The number of amides is 2. The van der Waals surface area contributed by atoms with Gasteiger partial charge in [-0.2, -0.15) is 5.10 Å². The fourth-order valence-electron chi connectivity index (χ4n) is 2.98. The molecule has 1 aromatic heterocycles. The van der Waals surface area contributed by atoms with Crippen LogP contribution in [0.3, 0.4) is 0 Å². The number of hydrogen-bond acceptors (Lipinski definition) is 4. The lowest BCUT2D eigenvalue weighted by Crippen LogP contribution is -2.46. The molecule has 0 radical (unpaired) electrons. The number of anilines is 1. The van der Waals surface area contributed by atoms with Crippen LogP contribution in [0.4, 0.5) is 5.82 Å². The average molecular weight is 335 g/mol. The first-order valence-corrected chi connectivity index (χ1v) is 8.75. The molecule has 24 heavy (non-hydrogen) atoms. The van der Waals surface area contributed by atoms with Crippen molar-refractivity contribution in [3.8, 4) is 0 Å². The number of nitrogens with zero attached hydrogens (tertiary/aromatic N) is 2. The molecule has 1 heterocycles. The van der Waals surface area contributed by atoms with Gasteiger partial charge in [0.2, 0.25) is 11.8 Å². The Hall–Kier alpha value is -1.89. The summed E-state index contributed by atoms with van der Waals surface area (Å²) in [6, 6.07) is 1.34. The van der Waals surface area contributed by atoms with Crippen molar-refractivity contribution in [3.63, 3.8) is 0 Å². The number of nitrogens with two attached hydrogens (primary N) is 1. The van der Waals surface area contributed by atoms with Gasteiger partial charge in [-0.25, -0.2) is 0 Å². The molecule has 1 saturated carbocycles. The van der Waals surface area contributed by atoms with E-state index in [1.807, 2.05) is 27.0 Å². The Morgan fingerprint density at radius 2 is 2.00 bits per heavy atom. The van der Waals surface area contributed by atoms with E-state index in [1.165, 1.54) is 19.3 Å². The smallest absolute Gasteiger partial charge is 0.244 e. The predicted molar refractivity (Wildman–Crippen MR) is 93.5 cm³/mol. The monoisotopic (exact) mass is 335 g/mol. The number of aromatic nitrogens is 2. The van der Waals surface area contributed by atoms with Gasteiger partial charge in [-0.15, -0.1) is 0 Å². The second-order valence-corrected chi connectivity index (χ2v) is 6.95. The van der Waals surface area contributed by atoms with Crippen molar-refractivity contribution in [3.05, 3.63) is 11.8 Å². The Labute approximate surface area is 143 Å². The van der Waals surface area contributed by atoms with Crippen LogP contribution in [0.1, 0.15) is 57.6 Å². The minimum Gasteiger partial charge on any atom is -0.346 e. The van der Waals surface area contributed by atoms with E-state index in [1.54, 1.807) is 4.68 Å². The van der Waals surface area contributed by atoms with E-state index in [0.717, 1.165) is 18.5 Å². The van der Waals surface area contributed by atoms with Crippen LogP contribution >= 0.6 is 0 Å². The van der Waals surface area contributed by atoms with Gasteiger partial charge in [-0.3, -0.25) is 14.3 Å². The Kier molecular flexibility index (Phi) is 6.36. The highest BCUT2D eigenvalue weighted by atomic mass is 16.2. The van der Waals surface area contributed by atoms with Crippen LogP contribution in [0.15, 0.2) is 6.07 Å². The van der Waals surface area contributed by atoms with Crippen molar-refractivity contribution in [1.82, 2.24) is 15.1 Å². The number of hydrogen-bond donors (Lipinski definition) is 3. The molecule has 0 saturated heterocycles. The van der Waals surface area contributed by atoms with Crippen LogP contribution in [-0.4, -0.2) is 34.2 Å². The Morgan fingerprint density at radius 3 is 2.62 bits per heavy atom. The van der Waals surface area contributed by atoms with Crippen molar-refractivity contribution in [1.29, 1.82) is 0 Å². The van der Waals surface area contributed by atoms with Crippen LogP contribution in [0.25, 0.3) is 0 Å². The summed E-state index contributed by atoms with van der Waals surface area (Å²) in [6.45, 7) is 3.64. The number of nitrogens with one attached hydrogen (secondary N) is 2. The molecule has 1 atom stereocenters. The number of carbonyl (C=O) groups excluding carboxylic acids is 2.